The van der Waals surface area contributed by atoms with Crippen molar-refractivity contribution in [2.75, 3.05) is 0 Å². The zero-order valence-electron chi connectivity index (χ0n) is 11.6. The average Bonchev–Trinajstić information content (AvgIpc) is 2.96. The molecule has 0 saturated heterocycles. The summed E-state index contributed by atoms with van der Waals surface area (Å²) in [5, 5.41) is 13.7. The highest BCUT2D eigenvalue weighted by Crippen LogP contribution is 2.39. The van der Waals surface area contributed by atoms with Crippen LogP contribution in [0.5, 0.6) is 5.75 Å². The molecule has 0 unspecified atom stereocenters. The second-order valence-corrected chi connectivity index (χ2v) is 5.01. The Labute approximate surface area is 126 Å². The monoisotopic (exact) mass is 292 g/mol. The highest BCUT2D eigenvalue weighted by Gasteiger charge is 2.29. The van der Waals surface area contributed by atoms with Gasteiger partial charge < -0.3 is 9.84 Å². The van der Waals surface area contributed by atoms with Crippen molar-refractivity contribution < 1.29 is 14.6 Å². The Balaban J connectivity index is 2.04. The van der Waals surface area contributed by atoms with Gasteiger partial charge in [-0.15, -0.1) is 0 Å². The van der Waals surface area contributed by atoms with Gasteiger partial charge in [-0.2, -0.15) is 5.10 Å². The lowest BCUT2D eigenvalue weighted by Gasteiger charge is -2.19. The summed E-state index contributed by atoms with van der Waals surface area (Å²) in [5.74, 6) is -0.307. The number of carboxylic acid groups (broad SMARTS) is 1. The minimum Gasteiger partial charge on any atom is -0.488 e. The van der Waals surface area contributed by atoms with Crippen LogP contribution in [0.4, 0.5) is 0 Å². The maximum atomic E-state index is 11.5. The van der Waals surface area contributed by atoms with Crippen LogP contribution in [-0.2, 0) is 6.61 Å². The zero-order valence-corrected chi connectivity index (χ0v) is 11.6. The van der Waals surface area contributed by atoms with Gasteiger partial charge in [-0.1, -0.05) is 30.3 Å². The first-order valence-corrected chi connectivity index (χ1v) is 6.88. The molecule has 1 N–H and O–H groups in total. The van der Waals surface area contributed by atoms with Gasteiger partial charge in [-0.05, 0) is 24.3 Å². The summed E-state index contributed by atoms with van der Waals surface area (Å²) in [6.45, 7) is 0.209. The van der Waals surface area contributed by atoms with E-state index in [0.29, 0.717) is 5.56 Å². The molecular formula is C17H12N2O3. The molecule has 0 aliphatic carbocycles. The zero-order chi connectivity index (χ0) is 15.1. The predicted molar refractivity (Wildman–Crippen MR) is 80.3 cm³/mol. The third-order valence-corrected chi connectivity index (χ3v) is 3.70. The van der Waals surface area contributed by atoms with Crippen molar-refractivity contribution in [3.8, 4) is 22.7 Å². The topological polar surface area (TPSA) is 64.3 Å². The van der Waals surface area contributed by atoms with Crippen LogP contribution < -0.4 is 4.74 Å². The number of nitrogens with zero attached hydrogens (tertiary/aromatic N) is 2. The first-order chi connectivity index (χ1) is 10.8. The van der Waals surface area contributed by atoms with Crippen LogP contribution >= 0.6 is 0 Å². The summed E-state index contributed by atoms with van der Waals surface area (Å²) in [5.41, 5.74) is 3.10. The molecular weight excluding hydrogens is 280 g/mol. The summed E-state index contributed by atoms with van der Waals surface area (Å²) in [6, 6.07) is 17.1. The van der Waals surface area contributed by atoms with Crippen LogP contribution in [0.15, 0.2) is 54.6 Å². The van der Waals surface area contributed by atoms with Crippen LogP contribution in [0.2, 0.25) is 0 Å². The normalized spacial score (nSPS) is 12.2. The second-order valence-electron chi connectivity index (χ2n) is 5.01. The van der Waals surface area contributed by atoms with E-state index in [0.717, 1.165) is 22.7 Å². The number of aromatic nitrogens is 2. The molecule has 0 spiro atoms. The summed E-state index contributed by atoms with van der Waals surface area (Å²) >= 11 is 0. The Kier molecular flexibility index (Phi) is 2.72. The van der Waals surface area contributed by atoms with Gasteiger partial charge in [0.1, 0.15) is 12.4 Å². The largest absolute Gasteiger partial charge is 0.488 e. The molecule has 5 heteroatoms. The molecule has 0 radical (unpaired) electrons. The number of carbonyl (C=O) groups is 1. The van der Waals surface area contributed by atoms with Crippen molar-refractivity contribution in [2.24, 2.45) is 0 Å². The molecule has 1 aliphatic heterocycles. The minimum absolute atomic E-state index is 0.0355. The molecule has 3 aromatic rings. The van der Waals surface area contributed by atoms with Crippen LogP contribution in [0, 0.1) is 0 Å². The molecule has 0 amide bonds. The maximum absolute atomic E-state index is 11.5. The lowest BCUT2D eigenvalue weighted by Crippen LogP contribution is -2.09. The number of aromatic carboxylic acids is 1. The summed E-state index contributed by atoms with van der Waals surface area (Å²) in [7, 11) is 0. The second kappa shape index (κ2) is 4.73. The summed E-state index contributed by atoms with van der Waals surface area (Å²) in [4.78, 5) is 11.5. The van der Waals surface area contributed by atoms with Crippen LogP contribution in [0.3, 0.4) is 0 Å². The van der Waals surface area contributed by atoms with Gasteiger partial charge in [-0.3, -0.25) is 0 Å². The van der Waals surface area contributed by atoms with E-state index in [-0.39, 0.29) is 12.3 Å². The number of para-hydroxylation sites is 2. The third-order valence-electron chi connectivity index (χ3n) is 3.70. The van der Waals surface area contributed by atoms with Crippen molar-refractivity contribution in [3.05, 3.63) is 65.9 Å². The fraction of sp³-hybridized carbons (Fsp3) is 0.0588. The highest BCUT2D eigenvalue weighted by atomic mass is 16.5. The van der Waals surface area contributed by atoms with E-state index in [1.807, 2.05) is 54.6 Å². The first-order valence-electron chi connectivity index (χ1n) is 6.88. The molecule has 2 aromatic carbocycles. The van der Waals surface area contributed by atoms with Crippen molar-refractivity contribution in [3.63, 3.8) is 0 Å². The molecule has 1 aromatic heterocycles. The Bertz CT molecular complexity index is 869. The maximum Gasteiger partial charge on any atom is 0.356 e. The standard InChI is InChI=1S/C17H12N2O3/c20-17(21)15-13-10-22-14-9-5-4-8-12(14)16(13)19(18-15)11-6-2-1-3-7-11/h1-9H,10H2,(H,20,21). The van der Waals surface area contributed by atoms with Gasteiger partial charge in [0.2, 0.25) is 0 Å². The van der Waals surface area contributed by atoms with Gasteiger partial charge >= 0.3 is 5.97 Å². The lowest BCUT2D eigenvalue weighted by molar-refractivity contribution is 0.0687. The molecule has 0 fully saturated rings. The van der Waals surface area contributed by atoms with Gasteiger partial charge in [0.15, 0.2) is 5.69 Å². The van der Waals surface area contributed by atoms with E-state index >= 15 is 0 Å². The van der Waals surface area contributed by atoms with Crippen molar-refractivity contribution >= 4 is 5.97 Å². The predicted octanol–water partition coefficient (Wildman–Crippen LogP) is 3.13. The number of carboxylic acids is 1. The SMILES string of the molecule is O=C(O)c1nn(-c2ccccc2)c2c1COc1ccccc1-2. The van der Waals surface area contributed by atoms with Crippen molar-refractivity contribution in [1.82, 2.24) is 9.78 Å². The molecule has 4 rings (SSSR count). The fourth-order valence-electron chi connectivity index (χ4n) is 2.73. The number of benzene rings is 2. The fourth-order valence-corrected chi connectivity index (χ4v) is 2.73. The van der Waals surface area contributed by atoms with Gasteiger partial charge in [0.25, 0.3) is 0 Å². The molecule has 108 valence electrons. The Morgan fingerprint density at radius 2 is 1.82 bits per heavy atom. The number of fused-ring (bicyclic) bond motifs is 3. The van der Waals surface area contributed by atoms with Crippen molar-refractivity contribution in [2.45, 2.75) is 6.61 Å². The van der Waals surface area contributed by atoms with Crippen LogP contribution in [0.25, 0.3) is 16.9 Å². The molecule has 2 heterocycles. The van der Waals surface area contributed by atoms with Crippen LogP contribution in [-0.4, -0.2) is 20.9 Å². The smallest absolute Gasteiger partial charge is 0.356 e. The highest BCUT2D eigenvalue weighted by molar-refractivity contribution is 5.91. The third kappa shape index (κ3) is 1.79. The van der Waals surface area contributed by atoms with E-state index in [2.05, 4.69) is 5.10 Å². The van der Waals surface area contributed by atoms with E-state index in [1.54, 1.807) is 4.68 Å². The number of hydrogen-bond donors (Lipinski definition) is 1. The lowest BCUT2D eigenvalue weighted by atomic mass is 10.0. The minimum atomic E-state index is -1.05. The Morgan fingerprint density at radius 1 is 1.09 bits per heavy atom. The average molecular weight is 292 g/mol. The van der Waals surface area contributed by atoms with Gasteiger partial charge in [-0.25, -0.2) is 9.48 Å². The summed E-state index contributed by atoms with van der Waals surface area (Å²) < 4.78 is 7.35. The van der Waals surface area contributed by atoms with Gasteiger partial charge in [0.05, 0.1) is 16.9 Å². The van der Waals surface area contributed by atoms with Gasteiger partial charge in [0, 0.05) is 5.56 Å². The molecule has 0 bridgehead atoms. The Morgan fingerprint density at radius 3 is 2.59 bits per heavy atom. The number of ether oxygens (including phenoxy) is 1. The molecule has 0 saturated carbocycles. The van der Waals surface area contributed by atoms with E-state index in [1.165, 1.54) is 0 Å². The quantitative estimate of drug-likeness (QED) is 0.788. The Hall–Kier alpha value is -3.08. The molecule has 1 aliphatic rings. The number of rotatable bonds is 2. The van der Waals surface area contributed by atoms with E-state index in [9.17, 15) is 9.90 Å². The molecule has 5 nitrogen and oxygen atoms in total. The summed E-state index contributed by atoms with van der Waals surface area (Å²) in [6.07, 6.45) is 0. The van der Waals surface area contributed by atoms with Crippen LogP contribution in [0.1, 0.15) is 16.1 Å². The number of hydrogen-bond acceptors (Lipinski definition) is 3. The van der Waals surface area contributed by atoms with E-state index < -0.39 is 5.97 Å². The van der Waals surface area contributed by atoms with Crippen molar-refractivity contribution in [1.29, 1.82) is 0 Å². The van der Waals surface area contributed by atoms with E-state index in [4.69, 9.17) is 4.74 Å². The molecule has 0 atom stereocenters. The molecule has 22 heavy (non-hydrogen) atoms. The first kappa shape index (κ1) is 12.6.